The first-order valence-electron chi connectivity index (χ1n) is 8.54. The van der Waals surface area contributed by atoms with Gasteiger partial charge in [0.25, 0.3) is 5.91 Å². The van der Waals surface area contributed by atoms with E-state index in [4.69, 9.17) is 5.73 Å². The standard InChI is InChI=1S/C18H24N6O/c1-14(13-22-18(25)16-17(19)21-8-7-20-16)23-9-11-24(12-10-23)15-5-3-2-4-6-15/h2-8,14H,9-13H2,1H3,(H2,19,21)(H,22,25). The van der Waals surface area contributed by atoms with Gasteiger partial charge in [0.2, 0.25) is 0 Å². The molecule has 1 aliphatic rings. The first-order valence-corrected chi connectivity index (χ1v) is 8.54. The lowest BCUT2D eigenvalue weighted by molar-refractivity contribution is 0.0930. The average Bonchev–Trinajstić information content (AvgIpc) is 2.67. The molecule has 132 valence electrons. The molecule has 0 spiro atoms. The van der Waals surface area contributed by atoms with E-state index in [1.165, 1.54) is 18.1 Å². The number of piperazine rings is 1. The predicted molar refractivity (Wildman–Crippen MR) is 98.5 cm³/mol. The molecule has 0 bridgehead atoms. The molecule has 0 saturated carbocycles. The topological polar surface area (TPSA) is 87.4 Å². The highest BCUT2D eigenvalue weighted by molar-refractivity contribution is 5.96. The molecule has 25 heavy (non-hydrogen) atoms. The molecular formula is C18H24N6O. The van der Waals surface area contributed by atoms with Crippen LogP contribution in [0.5, 0.6) is 0 Å². The van der Waals surface area contributed by atoms with E-state index in [0.717, 1.165) is 26.2 Å². The van der Waals surface area contributed by atoms with Gasteiger partial charge >= 0.3 is 0 Å². The number of benzene rings is 1. The van der Waals surface area contributed by atoms with Crippen molar-refractivity contribution in [3.63, 3.8) is 0 Å². The van der Waals surface area contributed by atoms with E-state index in [-0.39, 0.29) is 23.5 Å². The van der Waals surface area contributed by atoms with Gasteiger partial charge in [0, 0.05) is 56.8 Å². The van der Waals surface area contributed by atoms with Crippen molar-refractivity contribution in [2.24, 2.45) is 0 Å². The number of nitrogens with zero attached hydrogens (tertiary/aromatic N) is 4. The van der Waals surface area contributed by atoms with E-state index in [2.05, 4.69) is 56.3 Å². The number of carbonyl (C=O) groups is 1. The maximum absolute atomic E-state index is 12.2. The molecule has 1 saturated heterocycles. The summed E-state index contributed by atoms with van der Waals surface area (Å²) in [5, 5.41) is 2.90. The minimum atomic E-state index is -0.277. The Morgan fingerprint density at radius 3 is 2.52 bits per heavy atom. The lowest BCUT2D eigenvalue weighted by atomic mass is 10.2. The van der Waals surface area contributed by atoms with Crippen LogP contribution in [-0.2, 0) is 0 Å². The van der Waals surface area contributed by atoms with Crippen molar-refractivity contribution in [1.29, 1.82) is 0 Å². The first kappa shape index (κ1) is 17.2. The predicted octanol–water partition coefficient (Wildman–Crippen LogP) is 0.999. The Labute approximate surface area is 147 Å². The summed E-state index contributed by atoms with van der Waals surface area (Å²) in [5.41, 5.74) is 7.14. The lowest BCUT2D eigenvalue weighted by Gasteiger charge is -2.39. The number of carbonyl (C=O) groups excluding carboxylic acids is 1. The van der Waals surface area contributed by atoms with Gasteiger partial charge in [-0.05, 0) is 19.1 Å². The van der Waals surface area contributed by atoms with Crippen LogP contribution in [0.15, 0.2) is 42.7 Å². The van der Waals surface area contributed by atoms with Gasteiger partial charge in [0.15, 0.2) is 11.5 Å². The SMILES string of the molecule is CC(CNC(=O)c1nccnc1N)N1CCN(c2ccccc2)CC1. The summed E-state index contributed by atoms with van der Waals surface area (Å²) in [6.07, 6.45) is 2.94. The molecule has 1 aliphatic heterocycles. The van der Waals surface area contributed by atoms with Crippen LogP contribution in [0.3, 0.4) is 0 Å². The van der Waals surface area contributed by atoms with Crippen molar-refractivity contribution in [3.8, 4) is 0 Å². The summed E-state index contributed by atoms with van der Waals surface area (Å²) in [6, 6.07) is 10.7. The highest BCUT2D eigenvalue weighted by Crippen LogP contribution is 2.16. The molecule has 1 amide bonds. The summed E-state index contributed by atoms with van der Waals surface area (Å²) in [4.78, 5) is 24.8. The summed E-state index contributed by atoms with van der Waals surface area (Å²) in [7, 11) is 0. The van der Waals surface area contributed by atoms with E-state index in [1.807, 2.05) is 6.07 Å². The molecule has 7 nitrogen and oxygen atoms in total. The summed E-state index contributed by atoms with van der Waals surface area (Å²) in [5.74, 6) is -0.121. The molecule has 3 rings (SSSR count). The van der Waals surface area contributed by atoms with Crippen LogP contribution < -0.4 is 16.0 Å². The van der Waals surface area contributed by atoms with Crippen molar-refractivity contribution in [1.82, 2.24) is 20.2 Å². The number of anilines is 2. The van der Waals surface area contributed by atoms with Gasteiger partial charge in [0.1, 0.15) is 0 Å². The zero-order valence-electron chi connectivity index (χ0n) is 14.4. The molecule has 0 radical (unpaired) electrons. The zero-order chi connectivity index (χ0) is 17.6. The Balaban J connectivity index is 1.47. The third-order valence-electron chi connectivity index (χ3n) is 4.56. The number of nitrogens with one attached hydrogen (secondary N) is 1. The van der Waals surface area contributed by atoms with E-state index in [1.54, 1.807) is 0 Å². The number of rotatable bonds is 5. The Morgan fingerprint density at radius 1 is 1.16 bits per heavy atom. The number of nitrogens with two attached hydrogens (primary N) is 1. The number of amides is 1. The van der Waals surface area contributed by atoms with Gasteiger partial charge < -0.3 is 16.0 Å². The van der Waals surface area contributed by atoms with Gasteiger partial charge in [-0.2, -0.15) is 0 Å². The first-order chi connectivity index (χ1) is 12.1. The van der Waals surface area contributed by atoms with Crippen LogP contribution in [0.4, 0.5) is 11.5 Å². The normalized spacial score (nSPS) is 16.4. The maximum atomic E-state index is 12.2. The fourth-order valence-electron chi connectivity index (χ4n) is 3.04. The summed E-state index contributed by atoms with van der Waals surface area (Å²) in [6.45, 7) is 6.59. The van der Waals surface area contributed by atoms with Crippen LogP contribution in [-0.4, -0.2) is 59.5 Å². The Morgan fingerprint density at radius 2 is 1.84 bits per heavy atom. The molecule has 1 atom stereocenters. The van der Waals surface area contributed by atoms with E-state index >= 15 is 0 Å². The van der Waals surface area contributed by atoms with Crippen molar-refractivity contribution >= 4 is 17.4 Å². The second-order valence-electron chi connectivity index (χ2n) is 6.21. The number of aromatic nitrogens is 2. The molecule has 7 heteroatoms. The molecule has 1 fully saturated rings. The molecular weight excluding hydrogens is 316 g/mol. The van der Waals surface area contributed by atoms with Gasteiger partial charge in [-0.3, -0.25) is 9.69 Å². The third kappa shape index (κ3) is 4.24. The Hall–Kier alpha value is -2.67. The zero-order valence-corrected chi connectivity index (χ0v) is 14.4. The number of hydrogen-bond donors (Lipinski definition) is 2. The number of hydrogen-bond acceptors (Lipinski definition) is 6. The number of para-hydroxylation sites is 1. The van der Waals surface area contributed by atoms with Crippen molar-refractivity contribution in [3.05, 3.63) is 48.4 Å². The molecule has 2 aromatic rings. The summed E-state index contributed by atoms with van der Waals surface area (Å²) >= 11 is 0. The fourth-order valence-corrected chi connectivity index (χ4v) is 3.04. The molecule has 1 aromatic heterocycles. The van der Waals surface area contributed by atoms with Gasteiger partial charge in [-0.15, -0.1) is 0 Å². The molecule has 0 aliphatic carbocycles. The van der Waals surface area contributed by atoms with Gasteiger partial charge in [-0.1, -0.05) is 18.2 Å². The Kier molecular flexibility index (Phi) is 5.45. The van der Waals surface area contributed by atoms with Crippen molar-refractivity contribution in [2.45, 2.75) is 13.0 Å². The molecule has 1 aromatic carbocycles. The monoisotopic (exact) mass is 340 g/mol. The van der Waals surface area contributed by atoms with E-state index < -0.39 is 0 Å². The highest BCUT2D eigenvalue weighted by Gasteiger charge is 2.22. The van der Waals surface area contributed by atoms with Crippen molar-refractivity contribution in [2.75, 3.05) is 43.4 Å². The van der Waals surface area contributed by atoms with Crippen LogP contribution in [0.2, 0.25) is 0 Å². The fraction of sp³-hybridized carbons (Fsp3) is 0.389. The van der Waals surface area contributed by atoms with Crippen LogP contribution in [0, 0.1) is 0 Å². The van der Waals surface area contributed by atoms with Crippen LogP contribution in [0.25, 0.3) is 0 Å². The van der Waals surface area contributed by atoms with Gasteiger partial charge in [-0.25, -0.2) is 9.97 Å². The largest absolute Gasteiger partial charge is 0.382 e. The van der Waals surface area contributed by atoms with Gasteiger partial charge in [0.05, 0.1) is 0 Å². The van der Waals surface area contributed by atoms with Crippen LogP contribution >= 0.6 is 0 Å². The molecule has 3 N–H and O–H groups in total. The highest BCUT2D eigenvalue weighted by atomic mass is 16.1. The smallest absolute Gasteiger partial charge is 0.273 e. The quantitative estimate of drug-likeness (QED) is 0.844. The molecule has 1 unspecified atom stereocenters. The van der Waals surface area contributed by atoms with Crippen LogP contribution in [0.1, 0.15) is 17.4 Å². The second kappa shape index (κ2) is 7.94. The molecule has 2 heterocycles. The minimum absolute atomic E-state index is 0.157. The second-order valence-corrected chi connectivity index (χ2v) is 6.21. The van der Waals surface area contributed by atoms with E-state index in [0.29, 0.717) is 6.54 Å². The maximum Gasteiger partial charge on any atom is 0.273 e. The Bertz CT molecular complexity index is 700. The number of nitrogen functional groups attached to an aromatic ring is 1. The lowest BCUT2D eigenvalue weighted by Crippen LogP contribution is -2.52. The van der Waals surface area contributed by atoms with Crippen molar-refractivity contribution < 1.29 is 4.79 Å². The average molecular weight is 340 g/mol. The third-order valence-corrected chi connectivity index (χ3v) is 4.56. The summed E-state index contributed by atoms with van der Waals surface area (Å²) < 4.78 is 0. The van der Waals surface area contributed by atoms with E-state index in [9.17, 15) is 4.79 Å². The minimum Gasteiger partial charge on any atom is -0.382 e.